The average Bonchev–Trinajstić information content (AvgIpc) is 2.69. The van der Waals surface area contributed by atoms with E-state index in [1.807, 2.05) is 13.0 Å². The van der Waals surface area contributed by atoms with Crippen molar-refractivity contribution < 1.29 is 19.0 Å². The molecule has 2 rings (SSSR count). The van der Waals surface area contributed by atoms with Crippen molar-refractivity contribution in [1.82, 2.24) is 0 Å². The SMILES string of the molecule is CCOc1ccc(N/C=C(/C#N)C(=O)Nc2ccc(OC)c(OC)c2)cc1. The Labute approximate surface area is 158 Å². The van der Waals surface area contributed by atoms with E-state index < -0.39 is 5.91 Å². The minimum atomic E-state index is -0.539. The number of amides is 1. The molecule has 0 radical (unpaired) electrons. The van der Waals surface area contributed by atoms with E-state index in [-0.39, 0.29) is 5.57 Å². The van der Waals surface area contributed by atoms with Crippen molar-refractivity contribution in [3.63, 3.8) is 0 Å². The molecule has 0 aliphatic rings. The number of methoxy groups -OCH3 is 2. The van der Waals surface area contributed by atoms with Crippen LogP contribution in [0.25, 0.3) is 0 Å². The molecule has 0 unspecified atom stereocenters. The standard InChI is InChI=1S/C20H21N3O4/c1-4-27-17-8-5-15(6-9-17)22-13-14(12-21)20(24)23-16-7-10-18(25-2)19(11-16)26-3/h5-11,13,22H,4H2,1-3H3,(H,23,24)/b14-13-. The minimum absolute atomic E-state index is 0.0707. The van der Waals surface area contributed by atoms with E-state index in [0.717, 1.165) is 11.4 Å². The molecular weight excluding hydrogens is 346 g/mol. The number of anilines is 2. The van der Waals surface area contributed by atoms with Crippen LogP contribution in [0.1, 0.15) is 6.92 Å². The number of nitriles is 1. The number of hydrogen-bond acceptors (Lipinski definition) is 6. The van der Waals surface area contributed by atoms with Crippen molar-refractivity contribution in [1.29, 1.82) is 5.26 Å². The van der Waals surface area contributed by atoms with Crippen LogP contribution in [0.2, 0.25) is 0 Å². The molecule has 0 fully saturated rings. The number of carbonyl (C=O) groups is 1. The van der Waals surface area contributed by atoms with Gasteiger partial charge in [0.05, 0.1) is 20.8 Å². The van der Waals surface area contributed by atoms with Crippen molar-refractivity contribution in [2.24, 2.45) is 0 Å². The van der Waals surface area contributed by atoms with Crippen LogP contribution in [0.15, 0.2) is 54.2 Å². The van der Waals surface area contributed by atoms with Crippen LogP contribution in [0.3, 0.4) is 0 Å². The second-order valence-corrected chi connectivity index (χ2v) is 5.30. The number of benzene rings is 2. The van der Waals surface area contributed by atoms with E-state index in [2.05, 4.69) is 10.6 Å². The van der Waals surface area contributed by atoms with E-state index in [1.54, 1.807) is 42.5 Å². The molecule has 140 valence electrons. The molecule has 2 N–H and O–H groups in total. The summed E-state index contributed by atoms with van der Waals surface area (Å²) in [6.45, 7) is 2.49. The highest BCUT2D eigenvalue weighted by atomic mass is 16.5. The second-order valence-electron chi connectivity index (χ2n) is 5.30. The molecule has 0 aliphatic carbocycles. The van der Waals surface area contributed by atoms with Crippen LogP contribution >= 0.6 is 0 Å². The highest BCUT2D eigenvalue weighted by Crippen LogP contribution is 2.29. The molecule has 2 aromatic carbocycles. The maximum absolute atomic E-state index is 12.3. The quantitative estimate of drug-likeness (QED) is 0.547. The fraction of sp³-hybridized carbons (Fsp3) is 0.200. The van der Waals surface area contributed by atoms with E-state index in [4.69, 9.17) is 14.2 Å². The van der Waals surface area contributed by atoms with Crippen molar-refractivity contribution in [2.75, 3.05) is 31.5 Å². The Morgan fingerprint density at radius 3 is 2.33 bits per heavy atom. The largest absolute Gasteiger partial charge is 0.494 e. The van der Waals surface area contributed by atoms with Gasteiger partial charge in [-0.2, -0.15) is 5.26 Å². The summed E-state index contributed by atoms with van der Waals surface area (Å²) in [5.74, 6) is 1.23. The van der Waals surface area contributed by atoms with Gasteiger partial charge in [-0.15, -0.1) is 0 Å². The topological polar surface area (TPSA) is 92.6 Å². The number of rotatable bonds is 8. The third-order valence-corrected chi connectivity index (χ3v) is 3.55. The van der Waals surface area contributed by atoms with Gasteiger partial charge in [-0.05, 0) is 43.3 Å². The van der Waals surface area contributed by atoms with Crippen LogP contribution in [0.5, 0.6) is 17.2 Å². The monoisotopic (exact) mass is 367 g/mol. The van der Waals surface area contributed by atoms with E-state index in [0.29, 0.717) is 23.8 Å². The highest BCUT2D eigenvalue weighted by Gasteiger charge is 2.11. The summed E-state index contributed by atoms with van der Waals surface area (Å²) in [7, 11) is 3.03. The zero-order chi connectivity index (χ0) is 19.6. The summed E-state index contributed by atoms with van der Waals surface area (Å²) >= 11 is 0. The number of hydrogen-bond donors (Lipinski definition) is 2. The Kier molecular flexibility index (Phi) is 7.08. The Morgan fingerprint density at radius 2 is 1.74 bits per heavy atom. The van der Waals surface area contributed by atoms with Gasteiger partial charge in [0.1, 0.15) is 17.4 Å². The van der Waals surface area contributed by atoms with Crippen molar-refractivity contribution in [3.8, 4) is 23.3 Å². The second kappa shape index (κ2) is 9.73. The lowest BCUT2D eigenvalue weighted by atomic mass is 10.2. The molecule has 0 spiro atoms. The van der Waals surface area contributed by atoms with Gasteiger partial charge in [-0.3, -0.25) is 4.79 Å². The Balaban J connectivity index is 2.06. The first kappa shape index (κ1) is 19.7. The summed E-state index contributed by atoms with van der Waals surface area (Å²) in [6.07, 6.45) is 1.35. The van der Waals surface area contributed by atoms with Gasteiger partial charge < -0.3 is 24.8 Å². The molecule has 0 saturated heterocycles. The number of ether oxygens (including phenoxy) is 3. The fourth-order valence-corrected chi connectivity index (χ4v) is 2.23. The first-order chi connectivity index (χ1) is 13.1. The van der Waals surface area contributed by atoms with Gasteiger partial charge in [-0.1, -0.05) is 0 Å². The van der Waals surface area contributed by atoms with Crippen LogP contribution in [0.4, 0.5) is 11.4 Å². The third-order valence-electron chi connectivity index (χ3n) is 3.55. The molecule has 7 heteroatoms. The van der Waals surface area contributed by atoms with Gasteiger partial charge in [0.25, 0.3) is 5.91 Å². The molecule has 0 aromatic heterocycles. The van der Waals surface area contributed by atoms with E-state index in [1.165, 1.54) is 20.4 Å². The summed E-state index contributed by atoms with van der Waals surface area (Å²) in [5, 5.41) is 14.8. The van der Waals surface area contributed by atoms with Crippen molar-refractivity contribution >= 4 is 17.3 Å². The molecule has 0 aliphatic heterocycles. The highest BCUT2D eigenvalue weighted by molar-refractivity contribution is 6.06. The summed E-state index contributed by atoms with van der Waals surface area (Å²) in [5.41, 5.74) is 1.14. The zero-order valence-corrected chi connectivity index (χ0v) is 15.4. The van der Waals surface area contributed by atoms with Crippen LogP contribution < -0.4 is 24.8 Å². The molecule has 0 saturated carbocycles. The number of nitrogens with one attached hydrogen (secondary N) is 2. The zero-order valence-electron chi connectivity index (χ0n) is 15.4. The average molecular weight is 367 g/mol. The predicted molar refractivity (Wildman–Crippen MR) is 103 cm³/mol. The lowest BCUT2D eigenvalue weighted by Crippen LogP contribution is -2.14. The smallest absolute Gasteiger partial charge is 0.267 e. The van der Waals surface area contributed by atoms with Gasteiger partial charge in [-0.25, -0.2) is 0 Å². The molecule has 0 heterocycles. The van der Waals surface area contributed by atoms with Crippen LogP contribution in [-0.4, -0.2) is 26.7 Å². The molecule has 0 atom stereocenters. The summed E-state index contributed by atoms with van der Waals surface area (Å²) < 4.78 is 15.7. The van der Waals surface area contributed by atoms with Gasteiger partial charge >= 0.3 is 0 Å². The van der Waals surface area contributed by atoms with Gasteiger partial charge in [0.15, 0.2) is 11.5 Å². The predicted octanol–water partition coefficient (Wildman–Crippen LogP) is 3.56. The number of nitrogens with zero attached hydrogens (tertiary/aromatic N) is 1. The van der Waals surface area contributed by atoms with Crippen LogP contribution in [-0.2, 0) is 4.79 Å². The van der Waals surface area contributed by atoms with E-state index in [9.17, 15) is 10.1 Å². The van der Waals surface area contributed by atoms with Crippen LogP contribution in [0, 0.1) is 11.3 Å². The maximum Gasteiger partial charge on any atom is 0.267 e. The van der Waals surface area contributed by atoms with Gasteiger partial charge in [0.2, 0.25) is 0 Å². The summed E-state index contributed by atoms with van der Waals surface area (Å²) in [4.78, 5) is 12.3. The molecule has 7 nitrogen and oxygen atoms in total. The Bertz CT molecular complexity index is 855. The van der Waals surface area contributed by atoms with Crippen molar-refractivity contribution in [2.45, 2.75) is 6.92 Å². The first-order valence-electron chi connectivity index (χ1n) is 8.24. The molecule has 2 aromatic rings. The molecule has 0 bridgehead atoms. The lowest BCUT2D eigenvalue weighted by Gasteiger charge is -2.10. The number of carbonyl (C=O) groups excluding carboxylic acids is 1. The minimum Gasteiger partial charge on any atom is -0.494 e. The maximum atomic E-state index is 12.3. The summed E-state index contributed by atoms with van der Waals surface area (Å²) in [6, 6.07) is 14.0. The fourth-order valence-electron chi connectivity index (χ4n) is 2.23. The van der Waals surface area contributed by atoms with E-state index >= 15 is 0 Å². The third kappa shape index (κ3) is 5.41. The molecule has 27 heavy (non-hydrogen) atoms. The van der Waals surface area contributed by atoms with Gasteiger partial charge in [0, 0.05) is 23.6 Å². The normalized spacial score (nSPS) is 10.5. The first-order valence-corrected chi connectivity index (χ1v) is 8.24. The molecular formula is C20H21N3O4. The van der Waals surface area contributed by atoms with Crippen molar-refractivity contribution in [3.05, 3.63) is 54.2 Å². The Morgan fingerprint density at radius 1 is 1.07 bits per heavy atom. The lowest BCUT2D eigenvalue weighted by molar-refractivity contribution is -0.112. The Hall–Kier alpha value is -3.66. The molecule has 1 amide bonds.